The van der Waals surface area contributed by atoms with Gasteiger partial charge in [-0.3, -0.25) is 0 Å². The Kier molecular flexibility index (Phi) is 3.88. The molecule has 7 heteroatoms. The Balaban J connectivity index is 1.69. The minimum atomic E-state index is -4.37. The summed E-state index contributed by atoms with van der Waals surface area (Å²) in [6.07, 6.45) is -4.37. The number of benzene rings is 2. The fraction of sp³-hybridized carbons (Fsp3) is 0.278. The van der Waals surface area contributed by atoms with E-state index in [1.165, 1.54) is 6.07 Å². The third kappa shape index (κ3) is 3.19. The monoisotopic (exact) mass is 347 g/mol. The molecule has 1 aliphatic rings. The van der Waals surface area contributed by atoms with Crippen molar-refractivity contribution < 1.29 is 17.9 Å². The molecule has 25 heavy (non-hydrogen) atoms. The zero-order chi connectivity index (χ0) is 17.4. The molecule has 0 amide bonds. The number of H-pyrrole nitrogens is 1. The largest absolute Gasteiger partial charge is 0.416 e. The zero-order valence-corrected chi connectivity index (χ0v) is 13.3. The van der Waals surface area contributed by atoms with Crippen molar-refractivity contribution in [2.24, 2.45) is 0 Å². The van der Waals surface area contributed by atoms with Gasteiger partial charge < -0.3 is 14.6 Å². The molecular formula is C18H16F3N3O. The first-order valence-electron chi connectivity index (χ1n) is 8.01. The fourth-order valence-electron chi connectivity index (χ4n) is 2.99. The summed E-state index contributed by atoms with van der Waals surface area (Å²) >= 11 is 0. The van der Waals surface area contributed by atoms with Gasteiger partial charge in [-0.15, -0.1) is 0 Å². The Labute approximate surface area is 142 Å². The second-order valence-corrected chi connectivity index (χ2v) is 5.96. The van der Waals surface area contributed by atoms with Gasteiger partial charge in [0, 0.05) is 24.3 Å². The number of halogens is 3. The second kappa shape index (κ2) is 6.07. The van der Waals surface area contributed by atoms with Crippen LogP contribution in [0.5, 0.6) is 0 Å². The lowest BCUT2D eigenvalue weighted by molar-refractivity contribution is -0.137. The molecule has 0 spiro atoms. The number of nitrogens with one attached hydrogen (secondary N) is 1. The molecule has 2 heterocycles. The van der Waals surface area contributed by atoms with Gasteiger partial charge in [-0.2, -0.15) is 13.2 Å². The van der Waals surface area contributed by atoms with E-state index in [0.29, 0.717) is 30.1 Å². The van der Waals surface area contributed by atoms with Crippen LogP contribution in [0.2, 0.25) is 0 Å². The van der Waals surface area contributed by atoms with Crippen molar-refractivity contribution in [2.45, 2.75) is 6.18 Å². The summed E-state index contributed by atoms with van der Waals surface area (Å²) in [7, 11) is 0. The van der Waals surface area contributed by atoms with Gasteiger partial charge in [0.1, 0.15) is 5.82 Å². The van der Waals surface area contributed by atoms with Crippen molar-refractivity contribution in [3.63, 3.8) is 0 Å². The number of alkyl halides is 3. The molecule has 4 rings (SSSR count). The lowest BCUT2D eigenvalue weighted by Crippen LogP contribution is -2.36. The number of anilines is 1. The van der Waals surface area contributed by atoms with Crippen LogP contribution in [0.4, 0.5) is 18.9 Å². The van der Waals surface area contributed by atoms with Crippen LogP contribution in [0.15, 0.2) is 42.5 Å². The number of nitrogens with zero attached hydrogens (tertiary/aromatic N) is 2. The van der Waals surface area contributed by atoms with E-state index in [0.717, 1.165) is 36.5 Å². The van der Waals surface area contributed by atoms with Crippen molar-refractivity contribution in [2.75, 3.05) is 31.2 Å². The van der Waals surface area contributed by atoms with Gasteiger partial charge in [-0.05, 0) is 30.3 Å². The van der Waals surface area contributed by atoms with Crippen LogP contribution < -0.4 is 4.90 Å². The molecule has 0 unspecified atom stereocenters. The van der Waals surface area contributed by atoms with Gasteiger partial charge in [0.05, 0.1) is 29.8 Å². The molecule has 1 aromatic heterocycles. The summed E-state index contributed by atoms with van der Waals surface area (Å²) in [6, 6.07) is 11.4. The van der Waals surface area contributed by atoms with Gasteiger partial charge in [0.25, 0.3) is 0 Å². The predicted molar refractivity (Wildman–Crippen MR) is 89.6 cm³/mol. The average Bonchev–Trinajstić information content (AvgIpc) is 3.05. The van der Waals surface area contributed by atoms with E-state index in [2.05, 4.69) is 14.9 Å². The van der Waals surface area contributed by atoms with Crippen molar-refractivity contribution in [1.82, 2.24) is 9.97 Å². The maximum atomic E-state index is 12.9. The highest BCUT2D eigenvalue weighted by Crippen LogP contribution is 2.32. The molecule has 4 nitrogen and oxygen atoms in total. The molecular weight excluding hydrogens is 331 g/mol. The fourth-order valence-corrected chi connectivity index (χ4v) is 2.99. The highest BCUT2D eigenvalue weighted by Gasteiger charge is 2.30. The van der Waals surface area contributed by atoms with E-state index in [4.69, 9.17) is 4.74 Å². The Morgan fingerprint density at radius 3 is 2.60 bits per heavy atom. The molecule has 1 N–H and O–H groups in total. The van der Waals surface area contributed by atoms with E-state index < -0.39 is 11.7 Å². The van der Waals surface area contributed by atoms with E-state index in [1.54, 1.807) is 0 Å². The SMILES string of the molecule is FC(F)(F)c1ccc2nc(-c3cccc(N4CCOCC4)c3)[nH]c2c1. The number of hydrogen-bond acceptors (Lipinski definition) is 3. The molecule has 2 aromatic carbocycles. The van der Waals surface area contributed by atoms with Crippen LogP contribution in [0, 0.1) is 0 Å². The number of hydrogen-bond donors (Lipinski definition) is 1. The molecule has 1 saturated heterocycles. The normalized spacial score (nSPS) is 15.7. The van der Waals surface area contributed by atoms with Crippen molar-refractivity contribution >= 4 is 16.7 Å². The van der Waals surface area contributed by atoms with Crippen LogP contribution in [-0.4, -0.2) is 36.3 Å². The van der Waals surface area contributed by atoms with E-state index in [9.17, 15) is 13.2 Å². The summed E-state index contributed by atoms with van der Waals surface area (Å²) < 4.78 is 43.9. The summed E-state index contributed by atoms with van der Waals surface area (Å²) in [5.74, 6) is 0.560. The van der Waals surface area contributed by atoms with Crippen LogP contribution in [0.3, 0.4) is 0 Å². The smallest absolute Gasteiger partial charge is 0.378 e. The standard InChI is InChI=1S/C18H16F3N3O/c19-18(20,21)13-4-5-15-16(11-13)23-17(22-15)12-2-1-3-14(10-12)24-6-8-25-9-7-24/h1-5,10-11H,6-9H2,(H,22,23). The van der Waals surface area contributed by atoms with Crippen LogP contribution in [0.1, 0.15) is 5.56 Å². The van der Waals surface area contributed by atoms with Gasteiger partial charge in [0.2, 0.25) is 0 Å². The first-order valence-corrected chi connectivity index (χ1v) is 8.01. The average molecular weight is 347 g/mol. The molecule has 0 saturated carbocycles. The Morgan fingerprint density at radius 1 is 1.04 bits per heavy atom. The predicted octanol–water partition coefficient (Wildman–Crippen LogP) is 4.09. The lowest BCUT2D eigenvalue weighted by atomic mass is 10.1. The topological polar surface area (TPSA) is 41.2 Å². The van der Waals surface area contributed by atoms with Gasteiger partial charge in [-0.25, -0.2) is 4.98 Å². The Morgan fingerprint density at radius 2 is 1.84 bits per heavy atom. The van der Waals surface area contributed by atoms with E-state index >= 15 is 0 Å². The van der Waals surface area contributed by atoms with Crippen LogP contribution >= 0.6 is 0 Å². The van der Waals surface area contributed by atoms with Gasteiger partial charge in [0.15, 0.2) is 0 Å². The minimum absolute atomic E-state index is 0.376. The first-order chi connectivity index (χ1) is 12.0. The Bertz CT molecular complexity index is 898. The number of aromatic amines is 1. The van der Waals surface area contributed by atoms with Gasteiger partial charge >= 0.3 is 6.18 Å². The lowest BCUT2D eigenvalue weighted by Gasteiger charge is -2.29. The molecule has 0 atom stereocenters. The van der Waals surface area contributed by atoms with E-state index in [1.807, 2.05) is 24.3 Å². The van der Waals surface area contributed by atoms with Crippen LogP contribution in [-0.2, 0) is 10.9 Å². The molecule has 0 bridgehead atoms. The number of imidazole rings is 1. The highest BCUT2D eigenvalue weighted by atomic mass is 19.4. The van der Waals surface area contributed by atoms with E-state index in [-0.39, 0.29) is 0 Å². The van der Waals surface area contributed by atoms with Crippen molar-refractivity contribution in [1.29, 1.82) is 0 Å². The molecule has 1 aliphatic heterocycles. The molecule has 1 fully saturated rings. The third-order valence-corrected chi connectivity index (χ3v) is 4.31. The second-order valence-electron chi connectivity index (χ2n) is 5.96. The van der Waals surface area contributed by atoms with Crippen LogP contribution in [0.25, 0.3) is 22.4 Å². The number of ether oxygens (including phenoxy) is 1. The summed E-state index contributed by atoms with van der Waals surface area (Å²) in [4.78, 5) is 9.65. The number of morpholine rings is 1. The van der Waals surface area contributed by atoms with Gasteiger partial charge in [-0.1, -0.05) is 12.1 Å². The van der Waals surface area contributed by atoms with Crippen molar-refractivity contribution in [3.8, 4) is 11.4 Å². The quantitative estimate of drug-likeness (QED) is 0.759. The number of rotatable bonds is 2. The Hall–Kier alpha value is -2.54. The summed E-state index contributed by atoms with van der Waals surface area (Å²) in [5.41, 5.74) is 2.10. The molecule has 130 valence electrons. The highest BCUT2D eigenvalue weighted by molar-refractivity contribution is 5.80. The summed E-state index contributed by atoms with van der Waals surface area (Å²) in [6.45, 7) is 3.02. The number of aromatic nitrogens is 2. The molecule has 0 aliphatic carbocycles. The maximum Gasteiger partial charge on any atom is 0.416 e. The minimum Gasteiger partial charge on any atom is -0.378 e. The maximum absolute atomic E-state index is 12.9. The van der Waals surface area contributed by atoms with Crippen molar-refractivity contribution in [3.05, 3.63) is 48.0 Å². The zero-order valence-electron chi connectivity index (χ0n) is 13.3. The summed E-state index contributed by atoms with van der Waals surface area (Å²) in [5, 5.41) is 0. The third-order valence-electron chi connectivity index (χ3n) is 4.31. The number of fused-ring (bicyclic) bond motifs is 1. The molecule has 0 radical (unpaired) electrons. The molecule has 3 aromatic rings. The first kappa shape index (κ1) is 16.0.